The molecule has 2 aromatic carbocycles. The molecule has 6 heteroatoms. The summed E-state index contributed by atoms with van der Waals surface area (Å²) in [6.07, 6.45) is -1.15. The van der Waals surface area contributed by atoms with E-state index in [0.29, 0.717) is 16.9 Å². The van der Waals surface area contributed by atoms with Crippen molar-refractivity contribution in [1.29, 1.82) is 0 Å². The Kier molecular flexibility index (Phi) is 4.47. The van der Waals surface area contributed by atoms with Gasteiger partial charge in [0, 0.05) is 22.2 Å². The van der Waals surface area contributed by atoms with Crippen LogP contribution in [0.15, 0.2) is 60.0 Å². The summed E-state index contributed by atoms with van der Waals surface area (Å²) < 4.78 is 0. The number of hydrogen-bond donors (Lipinski definition) is 3. The lowest BCUT2D eigenvalue weighted by molar-refractivity contribution is 0.102. The van der Waals surface area contributed by atoms with Gasteiger partial charge >= 0.3 is 0 Å². The molecule has 0 saturated heterocycles. The van der Waals surface area contributed by atoms with Gasteiger partial charge in [-0.25, -0.2) is 4.98 Å². The highest BCUT2D eigenvalue weighted by atomic mass is 32.1. The summed E-state index contributed by atoms with van der Waals surface area (Å²) in [6.45, 7) is 0. The highest BCUT2D eigenvalue weighted by Gasteiger charge is 2.15. The van der Waals surface area contributed by atoms with Crippen molar-refractivity contribution in [2.24, 2.45) is 5.73 Å². The molecular formula is C17H15N3O2S. The lowest BCUT2D eigenvalue weighted by Gasteiger charge is -2.12. The Morgan fingerprint density at radius 3 is 2.57 bits per heavy atom. The monoisotopic (exact) mass is 325 g/mol. The van der Waals surface area contributed by atoms with E-state index < -0.39 is 6.23 Å². The predicted molar refractivity (Wildman–Crippen MR) is 91.1 cm³/mol. The number of carbonyl (C=O) groups excluding carboxylic acids is 1. The maximum absolute atomic E-state index is 12.3. The van der Waals surface area contributed by atoms with Gasteiger partial charge in [-0.15, -0.1) is 11.3 Å². The minimum Gasteiger partial charge on any atom is -0.374 e. The molecule has 0 radical (unpaired) electrons. The van der Waals surface area contributed by atoms with Crippen molar-refractivity contribution >= 4 is 22.9 Å². The zero-order valence-corrected chi connectivity index (χ0v) is 13.0. The Morgan fingerprint density at radius 1 is 1.13 bits per heavy atom. The van der Waals surface area contributed by atoms with Crippen LogP contribution in [0.2, 0.25) is 0 Å². The first-order valence-corrected chi connectivity index (χ1v) is 7.88. The number of nitrogens with two attached hydrogens (primary N) is 1. The SMILES string of the molecule is NC(O)c1ccccc1NC(=O)c1csc(-c2ccccc2)n1. The van der Waals surface area contributed by atoms with Crippen LogP contribution < -0.4 is 11.1 Å². The van der Waals surface area contributed by atoms with Gasteiger partial charge in [-0.2, -0.15) is 0 Å². The molecule has 0 aliphatic heterocycles. The maximum Gasteiger partial charge on any atom is 0.275 e. The van der Waals surface area contributed by atoms with Crippen LogP contribution in [0.1, 0.15) is 22.3 Å². The van der Waals surface area contributed by atoms with Crippen molar-refractivity contribution in [3.05, 3.63) is 71.2 Å². The van der Waals surface area contributed by atoms with Gasteiger partial charge in [0.25, 0.3) is 5.91 Å². The molecule has 1 aromatic heterocycles. The third-order valence-electron chi connectivity index (χ3n) is 3.29. The molecule has 1 heterocycles. The lowest BCUT2D eigenvalue weighted by atomic mass is 10.1. The summed E-state index contributed by atoms with van der Waals surface area (Å²) >= 11 is 1.41. The van der Waals surface area contributed by atoms with Crippen molar-refractivity contribution in [3.8, 4) is 10.6 Å². The number of carbonyl (C=O) groups is 1. The minimum absolute atomic E-state index is 0.329. The average Bonchev–Trinajstić information content (AvgIpc) is 3.06. The van der Waals surface area contributed by atoms with Crippen LogP contribution in [0.3, 0.4) is 0 Å². The molecule has 0 fully saturated rings. The number of para-hydroxylation sites is 1. The smallest absolute Gasteiger partial charge is 0.275 e. The van der Waals surface area contributed by atoms with Crippen LogP contribution in [0.25, 0.3) is 10.6 Å². The second-order valence-corrected chi connectivity index (χ2v) is 5.75. The van der Waals surface area contributed by atoms with Gasteiger partial charge in [-0.1, -0.05) is 48.5 Å². The van der Waals surface area contributed by atoms with E-state index in [1.165, 1.54) is 11.3 Å². The standard InChI is InChI=1S/C17H15N3O2S/c18-15(21)12-8-4-5-9-13(12)19-16(22)14-10-23-17(20-14)11-6-2-1-3-7-11/h1-10,15,21H,18H2,(H,19,22). The molecule has 23 heavy (non-hydrogen) atoms. The number of nitrogens with one attached hydrogen (secondary N) is 1. The van der Waals surface area contributed by atoms with Crippen molar-refractivity contribution in [2.75, 3.05) is 5.32 Å². The molecule has 1 amide bonds. The quantitative estimate of drug-likeness (QED) is 0.643. The number of anilines is 1. The molecule has 4 N–H and O–H groups in total. The number of nitrogens with zero attached hydrogens (tertiary/aromatic N) is 1. The van der Waals surface area contributed by atoms with Crippen LogP contribution in [0, 0.1) is 0 Å². The van der Waals surface area contributed by atoms with Gasteiger partial charge in [0.1, 0.15) is 16.9 Å². The van der Waals surface area contributed by atoms with E-state index in [4.69, 9.17) is 5.73 Å². The number of aliphatic hydroxyl groups excluding tert-OH is 1. The van der Waals surface area contributed by atoms with Gasteiger partial charge in [0.2, 0.25) is 0 Å². The summed E-state index contributed by atoms with van der Waals surface area (Å²) in [5, 5.41) is 14.8. The molecule has 3 rings (SSSR count). The van der Waals surface area contributed by atoms with E-state index in [-0.39, 0.29) is 5.91 Å². The summed E-state index contributed by atoms with van der Waals surface area (Å²) in [7, 11) is 0. The summed E-state index contributed by atoms with van der Waals surface area (Å²) in [4.78, 5) is 16.7. The zero-order chi connectivity index (χ0) is 16.2. The molecule has 1 unspecified atom stereocenters. The molecule has 116 valence electrons. The highest BCUT2D eigenvalue weighted by Crippen LogP contribution is 2.25. The van der Waals surface area contributed by atoms with Gasteiger partial charge in [-0.3, -0.25) is 4.79 Å². The van der Waals surface area contributed by atoms with E-state index in [0.717, 1.165) is 10.6 Å². The Labute approximate surface area is 137 Å². The molecule has 0 aliphatic carbocycles. The second kappa shape index (κ2) is 6.70. The van der Waals surface area contributed by atoms with Crippen LogP contribution in [-0.2, 0) is 0 Å². The average molecular weight is 325 g/mol. The van der Waals surface area contributed by atoms with E-state index in [1.807, 2.05) is 30.3 Å². The zero-order valence-electron chi connectivity index (χ0n) is 12.1. The maximum atomic E-state index is 12.3. The first kappa shape index (κ1) is 15.4. The fraction of sp³-hybridized carbons (Fsp3) is 0.0588. The van der Waals surface area contributed by atoms with Gasteiger partial charge < -0.3 is 16.2 Å². The Bertz CT molecular complexity index is 815. The fourth-order valence-corrected chi connectivity index (χ4v) is 2.95. The summed E-state index contributed by atoms with van der Waals surface area (Å²) in [5.41, 5.74) is 7.73. The number of thiazole rings is 1. The van der Waals surface area contributed by atoms with Gasteiger partial charge in [-0.05, 0) is 6.07 Å². The molecule has 5 nitrogen and oxygen atoms in total. The first-order chi connectivity index (χ1) is 11.1. The van der Waals surface area contributed by atoms with E-state index in [1.54, 1.807) is 29.6 Å². The molecule has 3 aromatic rings. The molecule has 1 atom stereocenters. The van der Waals surface area contributed by atoms with Gasteiger partial charge in [0.15, 0.2) is 0 Å². The van der Waals surface area contributed by atoms with Crippen LogP contribution >= 0.6 is 11.3 Å². The summed E-state index contributed by atoms with van der Waals surface area (Å²) in [6, 6.07) is 16.5. The predicted octanol–water partition coefficient (Wildman–Crippen LogP) is 3.01. The minimum atomic E-state index is -1.15. The Hall–Kier alpha value is -2.54. The van der Waals surface area contributed by atoms with E-state index in [9.17, 15) is 9.90 Å². The number of hydrogen-bond acceptors (Lipinski definition) is 5. The van der Waals surface area contributed by atoms with Crippen molar-refractivity contribution in [3.63, 3.8) is 0 Å². The summed E-state index contributed by atoms with van der Waals surface area (Å²) in [5.74, 6) is -0.337. The van der Waals surface area contributed by atoms with Crippen LogP contribution in [0.5, 0.6) is 0 Å². The second-order valence-electron chi connectivity index (χ2n) is 4.89. The largest absolute Gasteiger partial charge is 0.374 e. The van der Waals surface area contributed by atoms with E-state index in [2.05, 4.69) is 10.3 Å². The van der Waals surface area contributed by atoms with Crippen molar-refractivity contribution < 1.29 is 9.90 Å². The number of rotatable bonds is 4. The van der Waals surface area contributed by atoms with Crippen molar-refractivity contribution in [1.82, 2.24) is 4.98 Å². The van der Waals surface area contributed by atoms with Crippen molar-refractivity contribution in [2.45, 2.75) is 6.23 Å². The molecule has 0 spiro atoms. The van der Waals surface area contributed by atoms with E-state index >= 15 is 0 Å². The van der Waals surface area contributed by atoms with Crippen LogP contribution in [-0.4, -0.2) is 16.0 Å². The third-order valence-corrected chi connectivity index (χ3v) is 4.18. The number of aromatic nitrogens is 1. The Balaban J connectivity index is 1.81. The first-order valence-electron chi connectivity index (χ1n) is 7.00. The van der Waals surface area contributed by atoms with Gasteiger partial charge in [0.05, 0.1) is 0 Å². The molecule has 0 bridgehead atoms. The molecule has 0 aliphatic rings. The van der Waals surface area contributed by atoms with Crippen LogP contribution in [0.4, 0.5) is 5.69 Å². The fourth-order valence-electron chi connectivity index (χ4n) is 2.15. The molecular weight excluding hydrogens is 310 g/mol. The third kappa shape index (κ3) is 3.45. The normalized spacial score (nSPS) is 11.9. The highest BCUT2D eigenvalue weighted by molar-refractivity contribution is 7.13. The Morgan fingerprint density at radius 2 is 1.83 bits per heavy atom. The number of benzene rings is 2. The molecule has 0 saturated carbocycles. The topological polar surface area (TPSA) is 88.2 Å². The number of amides is 1. The number of aliphatic hydroxyl groups is 1. The lowest BCUT2D eigenvalue weighted by Crippen LogP contribution is -2.17.